The molecule has 0 spiro atoms. The second kappa shape index (κ2) is 7.46. The molecular weight excluding hydrogens is 406 g/mol. The van der Waals surface area contributed by atoms with Gasteiger partial charge in [0.15, 0.2) is 0 Å². The summed E-state index contributed by atoms with van der Waals surface area (Å²) >= 11 is 0. The van der Waals surface area contributed by atoms with Gasteiger partial charge in [0.25, 0.3) is 10.0 Å². The van der Waals surface area contributed by atoms with Crippen molar-refractivity contribution in [3.63, 3.8) is 0 Å². The number of carbonyl (C=O) groups excluding carboxylic acids is 1. The minimum atomic E-state index is -4.13. The van der Waals surface area contributed by atoms with E-state index in [1.54, 1.807) is 36.4 Å². The van der Waals surface area contributed by atoms with E-state index in [0.29, 0.717) is 35.1 Å². The molecule has 0 saturated carbocycles. The van der Waals surface area contributed by atoms with Crippen molar-refractivity contribution in [2.45, 2.75) is 23.7 Å². The van der Waals surface area contributed by atoms with Crippen molar-refractivity contribution in [3.8, 4) is 5.75 Å². The quantitative estimate of drug-likeness (QED) is 0.650. The lowest BCUT2D eigenvalue weighted by Crippen LogP contribution is -2.34. The first-order chi connectivity index (χ1) is 14.3. The summed E-state index contributed by atoms with van der Waals surface area (Å²) < 4.78 is 33.5. The molecule has 30 heavy (non-hydrogen) atoms. The Morgan fingerprint density at radius 3 is 2.53 bits per heavy atom. The van der Waals surface area contributed by atoms with Gasteiger partial charge in [0.05, 0.1) is 23.5 Å². The van der Waals surface area contributed by atoms with E-state index in [0.717, 1.165) is 5.39 Å². The van der Waals surface area contributed by atoms with Gasteiger partial charge in [-0.15, -0.1) is 0 Å². The Labute approximate surface area is 173 Å². The third-order valence-corrected chi connectivity index (χ3v) is 6.79. The van der Waals surface area contributed by atoms with Gasteiger partial charge in [-0.05, 0) is 42.0 Å². The number of fused-ring (bicyclic) bond motifs is 2. The van der Waals surface area contributed by atoms with E-state index in [1.807, 2.05) is 0 Å². The number of amides is 1. The molecule has 8 heteroatoms. The highest BCUT2D eigenvalue weighted by Gasteiger charge is 2.36. The highest BCUT2D eigenvalue weighted by molar-refractivity contribution is 7.90. The van der Waals surface area contributed by atoms with Gasteiger partial charge in [-0.25, -0.2) is 17.9 Å². The second-order valence-electron chi connectivity index (χ2n) is 7.05. The minimum Gasteiger partial charge on any atom is -0.496 e. The van der Waals surface area contributed by atoms with Crippen LogP contribution in [-0.2, 0) is 21.2 Å². The zero-order valence-corrected chi connectivity index (χ0v) is 16.9. The van der Waals surface area contributed by atoms with Crippen LogP contribution in [0.25, 0.3) is 10.8 Å². The summed E-state index contributed by atoms with van der Waals surface area (Å²) in [4.78, 5) is 24.5. The fraction of sp³-hybridized carbons (Fsp3) is 0.182. The normalized spacial score (nSPS) is 15.6. The van der Waals surface area contributed by atoms with E-state index in [1.165, 1.54) is 25.3 Å². The van der Waals surface area contributed by atoms with Crippen LogP contribution in [0.3, 0.4) is 0 Å². The Bertz CT molecular complexity index is 1280. The van der Waals surface area contributed by atoms with Crippen molar-refractivity contribution < 1.29 is 27.9 Å². The molecule has 1 atom stereocenters. The molecule has 0 fully saturated rings. The molecule has 0 saturated heterocycles. The molecule has 0 aliphatic heterocycles. The lowest BCUT2D eigenvalue weighted by Gasteiger charge is -2.17. The van der Waals surface area contributed by atoms with Gasteiger partial charge in [0, 0.05) is 10.9 Å². The third kappa shape index (κ3) is 3.29. The number of ether oxygens (including phenoxy) is 1. The molecule has 0 heterocycles. The van der Waals surface area contributed by atoms with Crippen LogP contribution in [-0.4, -0.2) is 32.5 Å². The predicted molar refractivity (Wildman–Crippen MR) is 110 cm³/mol. The smallest absolute Gasteiger partial charge is 0.335 e. The summed E-state index contributed by atoms with van der Waals surface area (Å²) in [6.07, 6.45) is 0.646. The van der Waals surface area contributed by atoms with Crippen molar-refractivity contribution >= 4 is 32.7 Å². The summed E-state index contributed by atoms with van der Waals surface area (Å²) in [6.45, 7) is 0. The standard InChI is InChI=1S/C22H19NO6S/c1-29-18-12-11-16(22(25)26)15-9-10-17(20(15)18)21(24)23-30(27,28)19-8-4-6-13-5-2-3-7-14(13)19/h2-8,11-12,17H,9-10H2,1H3,(H,23,24)(H,25,26). The molecule has 0 aromatic heterocycles. The number of benzene rings is 3. The van der Waals surface area contributed by atoms with Gasteiger partial charge in [-0.2, -0.15) is 0 Å². The number of nitrogens with one attached hydrogen (secondary N) is 1. The van der Waals surface area contributed by atoms with Crippen LogP contribution in [0.15, 0.2) is 59.5 Å². The number of hydrogen-bond donors (Lipinski definition) is 2. The fourth-order valence-corrected chi connectivity index (χ4v) is 5.31. The summed E-state index contributed by atoms with van der Waals surface area (Å²) in [5, 5.41) is 10.7. The lowest BCUT2D eigenvalue weighted by molar-refractivity contribution is -0.120. The Hall–Kier alpha value is -3.39. The number of aromatic carboxylic acids is 1. The largest absolute Gasteiger partial charge is 0.496 e. The van der Waals surface area contributed by atoms with Crippen LogP contribution < -0.4 is 9.46 Å². The van der Waals surface area contributed by atoms with Crippen LogP contribution in [0.5, 0.6) is 5.75 Å². The van der Waals surface area contributed by atoms with E-state index in [9.17, 15) is 23.1 Å². The molecule has 1 amide bonds. The predicted octanol–water partition coefficient (Wildman–Crippen LogP) is 3.08. The summed E-state index contributed by atoms with van der Waals surface area (Å²) in [6, 6.07) is 14.8. The maximum Gasteiger partial charge on any atom is 0.335 e. The maximum absolute atomic E-state index is 13.0. The molecule has 3 aromatic rings. The molecular formula is C22H19NO6S. The fourth-order valence-electron chi connectivity index (χ4n) is 4.06. The van der Waals surface area contributed by atoms with Crippen molar-refractivity contribution in [3.05, 3.63) is 71.3 Å². The van der Waals surface area contributed by atoms with E-state index >= 15 is 0 Å². The van der Waals surface area contributed by atoms with Gasteiger partial charge in [-0.1, -0.05) is 36.4 Å². The Morgan fingerprint density at radius 2 is 1.80 bits per heavy atom. The van der Waals surface area contributed by atoms with Gasteiger partial charge in [0.2, 0.25) is 5.91 Å². The average Bonchev–Trinajstić information content (AvgIpc) is 3.17. The zero-order chi connectivity index (χ0) is 21.5. The second-order valence-corrected chi connectivity index (χ2v) is 8.70. The molecule has 1 aliphatic carbocycles. The molecule has 0 bridgehead atoms. The van der Waals surface area contributed by atoms with E-state index < -0.39 is 27.8 Å². The molecule has 7 nitrogen and oxygen atoms in total. The van der Waals surface area contributed by atoms with E-state index in [-0.39, 0.29) is 10.5 Å². The van der Waals surface area contributed by atoms with Crippen LogP contribution in [0.4, 0.5) is 0 Å². The maximum atomic E-state index is 13.0. The van der Waals surface area contributed by atoms with Crippen LogP contribution in [0, 0.1) is 0 Å². The first-order valence-corrected chi connectivity index (χ1v) is 10.8. The highest BCUT2D eigenvalue weighted by Crippen LogP contribution is 2.41. The zero-order valence-electron chi connectivity index (χ0n) is 16.1. The van der Waals surface area contributed by atoms with Crippen molar-refractivity contribution in [1.82, 2.24) is 4.72 Å². The Morgan fingerprint density at radius 1 is 1.07 bits per heavy atom. The number of rotatable bonds is 5. The Kier molecular flexibility index (Phi) is 4.95. The SMILES string of the molecule is COc1ccc(C(=O)O)c2c1C(C(=O)NS(=O)(=O)c1cccc3ccccc13)CC2. The van der Waals surface area contributed by atoms with Gasteiger partial charge in [-0.3, -0.25) is 4.79 Å². The van der Waals surface area contributed by atoms with Crippen LogP contribution in [0.1, 0.15) is 33.8 Å². The molecule has 1 aliphatic rings. The Balaban J connectivity index is 1.71. The molecule has 154 valence electrons. The number of hydrogen-bond acceptors (Lipinski definition) is 5. The first kappa shape index (κ1) is 19.9. The van der Waals surface area contributed by atoms with Crippen LogP contribution in [0.2, 0.25) is 0 Å². The summed E-state index contributed by atoms with van der Waals surface area (Å²) in [7, 11) is -2.70. The molecule has 0 radical (unpaired) electrons. The number of carboxylic acid groups (broad SMARTS) is 1. The van der Waals surface area contributed by atoms with Crippen molar-refractivity contribution in [2.75, 3.05) is 7.11 Å². The van der Waals surface area contributed by atoms with Crippen LogP contribution >= 0.6 is 0 Å². The average molecular weight is 425 g/mol. The highest BCUT2D eigenvalue weighted by atomic mass is 32.2. The lowest BCUT2D eigenvalue weighted by atomic mass is 9.97. The van der Waals surface area contributed by atoms with Crippen molar-refractivity contribution in [1.29, 1.82) is 0 Å². The molecule has 3 aromatic carbocycles. The topological polar surface area (TPSA) is 110 Å². The van der Waals surface area contributed by atoms with Crippen molar-refractivity contribution in [2.24, 2.45) is 0 Å². The molecule has 2 N–H and O–H groups in total. The summed E-state index contributed by atoms with van der Waals surface area (Å²) in [5.41, 5.74) is 1.03. The number of methoxy groups -OCH3 is 1. The number of sulfonamides is 1. The van der Waals surface area contributed by atoms with Gasteiger partial charge in [0.1, 0.15) is 5.75 Å². The molecule has 1 unspecified atom stereocenters. The number of carbonyl (C=O) groups is 2. The third-order valence-electron chi connectivity index (χ3n) is 5.39. The van der Waals surface area contributed by atoms with Gasteiger partial charge >= 0.3 is 5.97 Å². The molecule has 4 rings (SSSR count). The monoisotopic (exact) mass is 425 g/mol. The first-order valence-electron chi connectivity index (χ1n) is 9.31. The number of carboxylic acids is 1. The van der Waals surface area contributed by atoms with Gasteiger partial charge < -0.3 is 9.84 Å². The van der Waals surface area contributed by atoms with E-state index in [4.69, 9.17) is 4.74 Å². The minimum absolute atomic E-state index is 0.0124. The summed E-state index contributed by atoms with van der Waals surface area (Å²) in [5.74, 6) is -2.25. The van der Waals surface area contributed by atoms with E-state index in [2.05, 4.69) is 4.72 Å².